The highest BCUT2D eigenvalue weighted by Crippen LogP contribution is 2.40. The number of hydrogen-bond acceptors (Lipinski definition) is 2. The van der Waals surface area contributed by atoms with Gasteiger partial charge in [-0.15, -0.1) is 0 Å². The Morgan fingerprint density at radius 2 is 1.60 bits per heavy atom. The van der Waals surface area contributed by atoms with Gasteiger partial charge in [0.2, 0.25) is 0 Å². The smallest absolute Gasteiger partial charge is 0.313 e. The molecule has 0 unspecified atom stereocenters. The molecule has 0 spiro atoms. The maximum absolute atomic E-state index is 12.1. The first-order valence-electron chi connectivity index (χ1n) is 8.79. The van der Waals surface area contributed by atoms with Gasteiger partial charge in [-0.05, 0) is 55.2 Å². The lowest BCUT2D eigenvalue weighted by Gasteiger charge is -2.39. The molecule has 1 aromatic carbocycles. The maximum atomic E-state index is 12.1. The van der Waals surface area contributed by atoms with E-state index in [1.807, 2.05) is 0 Å². The molecule has 1 aromatic rings. The number of amides is 2. The molecular formula is C19H26Cl2N2O2. The minimum Gasteiger partial charge on any atom is -0.345 e. The van der Waals surface area contributed by atoms with Gasteiger partial charge in [0, 0.05) is 21.8 Å². The van der Waals surface area contributed by atoms with Gasteiger partial charge < -0.3 is 10.6 Å². The van der Waals surface area contributed by atoms with Crippen molar-refractivity contribution in [3.8, 4) is 0 Å². The summed E-state index contributed by atoms with van der Waals surface area (Å²) < 4.78 is 0. The third-order valence-corrected chi connectivity index (χ3v) is 5.84. The van der Waals surface area contributed by atoms with Crippen LogP contribution in [-0.4, -0.2) is 17.9 Å². The SMILES string of the molecule is CCC(C)(C)C1CCC(NC(=O)C(=O)Nc2cc(Cl)cc(Cl)c2)CC1. The van der Waals surface area contributed by atoms with E-state index in [0.717, 1.165) is 32.1 Å². The van der Waals surface area contributed by atoms with E-state index in [-0.39, 0.29) is 6.04 Å². The molecule has 2 amide bonds. The molecule has 0 atom stereocenters. The van der Waals surface area contributed by atoms with Gasteiger partial charge in [0.15, 0.2) is 0 Å². The van der Waals surface area contributed by atoms with Crippen LogP contribution in [0.1, 0.15) is 52.9 Å². The van der Waals surface area contributed by atoms with Crippen molar-refractivity contribution in [1.82, 2.24) is 5.32 Å². The van der Waals surface area contributed by atoms with Gasteiger partial charge in [0.25, 0.3) is 0 Å². The van der Waals surface area contributed by atoms with Gasteiger partial charge in [0.1, 0.15) is 0 Å². The maximum Gasteiger partial charge on any atom is 0.313 e. The minimum absolute atomic E-state index is 0.0603. The summed E-state index contributed by atoms with van der Waals surface area (Å²) >= 11 is 11.8. The number of benzene rings is 1. The van der Waals surface area contributed by atoms with E-state index in [9.17, 15) is 9.59 Å². The third-order valence-electron chi connectivity index (χ3n) is 5.41. The molecule has 25 heavy (non-hydrogen) atoms. The van der Waals surface area contributed by atoms with E-state index in [1.165, 1.54) is 0 Å². The molecule has 6 heteroatoms. The number of carbonyl (C=O) groups excluding carboxylic acids is 2. The number of carbonyl (C=O) groups is 2. The second kappa shape index (κ2) is 8.41. The van der Waals surface area contributed by atoms with Crippen LogP contribution in [0, 0.1) is 11.3 Å². The summed E-state index contributed by atoms with van der Waals surface area (Å²) in [6, 6.07) is 4.73. The van der Waals surface area contributed by atoms with Gasteiger partial charge in [-0.1, -0.05) is 50.4 Å². The Labute approximate surface area is 159 Å². The van der Waals surface area contributed by atoms with Gasteiger partial charge in [-0.2, -0.15) is 0 Å². The summed E-state index contributed by atoms with van der Waals surface area (Å²) in [4.78, 5) is 24.2. The van der Waals surface area contributed by atoms with Crippen molar-refractivity contribution in [3.63, 3.8) is 0 Å². The van der Waals surface area contributed by atoms with Crippen molar-refractivity contribution >= 4 is 40.7 Å². The van der Waals surface area contributed by atoms with Crippen molar-refractivity contribution in [2.75, 3.05) is 5.32 Å². The third kappa shape index (κ3) is 5.61. The Morgan fingerprint density at radius 1 is 1.04 bits per heavy atom. The highest BCUT2D eigenvalue weighted by atomic mass is 35.5. The fourth-order valence-corrected chi connectivity index (χ4v) is 3.90. The molecule has 0 radical (unpaired) electrons. The second-order valence-electron chi connectivity index (χ2n) is 7.48. The molecule has 0 heterocycles. The Bertz CT molecular complexity index is 618. The average molecular weight is 385 g/mol. The zero-order chi connectivity index (χ0) is 18.6. The number of anilines is 1. The second-order valence-corrected chi connectivity index (χ2v) is 8.35. The van der Waals surface area contributed by atoms with Crippen molar-refractivity contribution < 1.29 is 9.59 Å². The first-order chi connectivity index (χ1) is 11.7. The topological polar surface area (TPSA) is 58.2 Å². The minimum atomic E-state index is -0.700. The van der Waals surface area contributed by atoms with Crippen molar-refractivity contribution in [3.05, 3.63) is 28.2 Å². The molecule has 1 fully saturated rings. The standard InChI is InChI=1S/C19H26Cl2N2O2/c1-4-19(2,3)12-5-7-15(8-6-12)22-17(24)18(25)23-16-10-13(20)9-14(21)11-16/h9-12,15H,4-8H2,1-3H3,(H,22,24)(H,23,25). The predicted octanol–water partition coefficient (Wildman–Crippen LogP) is 5.04. The van der Waals surface area contributed by atoms with Crippen LogP contribution < -0.4 is 10.6 Å². The molecule has 2 N–H and O–H groups in total. The molecule has 4 nitrogen and oxygen atoms in total. The molecule has 1 saturated carbocycles. The fraction of sp³-hybridized carbons (Fsp3) is 0.579. The van der Waals surface area contributed by atoms with Gasteiger partial charge in [-0.3, -0.25) is 9.59 Å². The molecule has 0 saturated heterocycles. The van der Waals surface area contributed by atoms with Gasteiger partial charge in [-0.25, -0.2) is 0 Å². The lowest BCUT2D eigenvalue weighted by molar-refractivity contribution is -0.136. The van der Waals surface area contributed by atoms with E-state index >= 15 is 0 Å². The van der Waals surface area contributed by atoms with Gasteiger partial charge >= 0.3 is 11.8 Å². The molecule has 0 aromatic heterocycles. The van der Waals surface area contributed by atoms with E-state index in [2.05, 4.69) is 31.4 Å². The Balaban J connectivity index is 1.85. The summed E-state index contributed by atoms with van der Waals surface area (Å²) in [5.74, 6) is -0.642. The summed E-state index contributed by atoms with van der Waals surface area (Å²) in [7, 11) is 0. The Hall–Kier alpha value is -1.26. The van der Waals surface area contributed by atoms with Crippen molar-refractivity contribution in [2.45, 2.75) is 58.9 Å². The van der Waals surface area contributed by atoms with E-state index in [1.54, 1.807) is 18.2 Å². The van der Waals surface area contributed by atoms with Crippen LogP contribution in [0.25, 0.3) is 0 Å². The fourth-order valence-electron chi connectivity index (χ4n) is 3.37. The van der Waals surface area contributed by atoms with Crippen LogP contribution in [0.15, 0.2) is 18.2 Å². The van der Waals surface area contributed by atoms with Crippen molar-refractivity contribution in [1.29, 1.82) is 0 Å². The number of hydrogen-bond donors (Lipinski definition) is 2. The van der Waals surface area contributed by atoms with E-state index < -0.39 is 11.8 Å². The quantitative estimate of drug-likeness (QED) is 0.713. The normalized spacial score (nSPS) is 20.8. The largest absolute Gasteiger partial charge is 0.345 e. The molecule has 1 aliphatic rings. The first kappa shape index (κ1) is 20.1. The number of nitrogens with one attached hydrogen (secondary N) is 2. The summed E-state index contributed by atoms with van der Waals surface area (Å²) in [5.41, 5.74) is 0.740. The van der Waals surface area contributed by atoms with Crippen LogP contribution in [0.3, 0.4) is 0 Å². The van der Waals surface area contributed by atoms with E-state index in [0.29, 0.717) is 27.1 Å². The average Bonchev–Trinajstić information content (AvgIpc) is 2.54. The Kier molecular flexibility index (Phi) is 6.75. The number of halogens is 2. The van der Waals surface area contributed by atoms with Crippen LogP contribution in [0.4, 0.5) is 5.69 Å². The predicted molar refractivity (Wildman–Crippen MR) is 103 cm³/mol. The molecule has 0 bridgehead atoms. The zero-order valence-electron chi connectivity index (χ0n) is 15.0. The summed E-state index contributed by atoms with van der Waals surface area (Å²) in [5, 5.41) is 6.18. The van der Waals surface area contributed by atoms with Gasteiger partial charge in [0.05, 0.1) is 0 Å². The molecule has 1 aliphatic carbocycles. The molecular weight excluding hydrogens is 359 g/mol. The number of rotatable bonds is 4. The lowest BCUT2D eigenvalue weighted by Crippen LogP contribution is -2.44. The van der Waals surface area contributed by atoms with Crippen LogP contribution in [0.5, 0.6) is 0 Å². The Morgan fingerprint density at radius 3 is 2.12 bits per heavy atom. The summed E-state index contributed by atoms with van der Waals surface area (Å²) in [6.45, 7) is 6.83. The highest BCUT2D eigenvalue weighted by molar-refractivity contribution is 6.40. The monoisotopic (exact) mass is 384 g/mol. The first-order valence-corrected chi connectivity index (χ1v) is 9.55. The van der Waals surface area contributed by atoms with Crippen molar-refractivity contribution in [2.24, 2.45) is 11.3 Å². The molecule has 138 valence electrons. The lowest BCUT2D eigenvalue weighted by atomic mass is 9.69. The zero-order valence-corrected chi connectivity index (χ0v) is 16.5. The van der Waals surface area contributed by atoms with Crippen LogP contribution >= 0.6 is 23.2 Å². The van der Waals surface area contributed by atoms with E-state index in [4.69, 9.17) is 23.2 Å². The van der Waals surface area contributed by atoms with Crippen LogP contribution in [-0.2, 0) is 9.59 Å². The molecule has 2 rings (SSSR count). The highest BCUT2D eigenvalue weighted by Gasteiger charge is 2.32. The van der Waals surface area contributed by atoms with Crippen LogP contribution in [0.2, 0.25) is 10.0 Å². The molecule has 0 aliphatic heterocycles. The summed E-state index contributed by atoms with van der Waals surface area (Å²) in [6.07, 6.45) is 5.14.